The Hall–Kier alpha value is -3.13. The van der Waals surface area contributed by atoms with Crippen LogP contribution < -0.4 is 0 Å². The van der Waals surface area contributed by atoms with Crippen molar-refractivity contribution in [2.24, 2.45) is 0 Å². The van der Waals surface area contributed by atoms with E-state index in [0.717, 1.165) is 35.6 Å². The summed E-state index contributed by atoms with van der Waals surface area (Å²) in [5, 5.41) is 4.76. The van der Waals surface area contributed by atoms with Crippen molar-refractivity contribution in [2.75, 3.05) is 13.2 Å². The summed E-state index contributed by atoms with van der Waals surface area (Å²) in [4.78, 5) is 18.5. The zero-order valence-corrected chi connectivity index (χ0v) is 15.8. The quantitative estimate of drug-likeness (QED) is 0.540. The molecule has 28 heavy (non-hydrogen) atoms. The van der Waals surface area contributed by atoms with Crippen molar-refractivity contribution >= 4 is 11.0 Å². The summed E-state index contributed by atoms with van der Waals surface area (Å²) in [6, 6.07) is 7.76. The van der Waals surface area contributed by atoms with Crippen LogP contribution in [-0.4, -0.2) is 42.9 Å². The van der Waals surface area contributed by atoms with E-state index in [1.165, 1.54) is 0 Å². The topological polar surface area (TPSA) is 91.8 Å². The van der Waals surface area contributed by atoms with Crippen LogP contribution in [0.3, 0.4) is 0 Å². The van der Waals surface area contributed by atoms with Crippen LogP contribution in [0.2, 0.25) is 0 Å². The number of hydrogen-bond acceptors (Lipinski definition) is 7. The summed E-state index contributed by atoms with van der Waals surface area (Å²) in [5.74, 6) is 3.39. The molecule has 1 aliphatic heterocycles. The van der Waals surface area contributed by atoms with Gasteiger partial charge in [-0.05, 0) is 25.5 Å². The fraction of sp³-hybridized carbons (Fsp3) is 0.350. The lowest BCUT2D eigenvalue weighted by Crippen LogP contribution is -2.05. The van der Waals surface area contributed by atoms with E-state index in [1.807, 2.05) is 38.1 Å². The molecule has 0 amide bonds. The normalized spacial score (nSPS) is 16.9. The Morgan fingerprint density at radius 2 is 2.00 bits per heavy atom. The molecule has 4 aromatic rings. The molecule has 0 N–H and O–H groups in total. The molecule has 4 heterocycles. The molecule has 0 saturated carbocycles. The lowest BCUT2D eigenvalue weighted by atomic mass is 10.1. The molecule has 8 heteroatoms. The molecule has 0 unspecified atom stereocenters. The van der Waals surface area contributed by atoms with Gasteiger partial charge in [0.05, 0.1) is 29.5 Å². The van der Waals surface area contributed by atoms with Gasteiger partial charge < -0.3 is 9.15 Å². The fourth-order valence-electron chi connectivity index (χ4n) is 3.41. The van der Waals surface area contributed by atoms with E-state index in [1.54, 1.807) is 10.9 Å². The molecule has 0 bridgehead atoms. The van der Waals surface area contributed by atoms with Gasteiger partial charge in [0.15, 0.2) is 23.3 Å². The molecule has 0 aliphatic carbocycles. The Balaban J connectivity index is 1.68. The highest BCUT2D eigenvalue weighted by Gasteiger charge is 2.27. The van der Waals surface area contributed by atoms with Crippen LogP contribution in [0.25, 0.3) is 28.4 Å². The first-order chi connectivity index (χ1) is 13.7. The number of hydrogen-bond donors (Lipinski definition) is 0. The average Bonchev–Trinajstić information content (AvgIpc) is 3.46. The van der Waals surface area contributed by atoms with Gasteiger partial charge in [0.25, 0.3) is 0 Å². The zero-order chi connectivity index (χ0) is 19.1. The van der Waals surface area contributed by atoms with Gasteiger partial charge in [-0.25, -0.2) is 15.0 Å². The summed E-state index contributed by atoms with van der Waals surface area (Å²) in [6.07, 6.45) is 3.33. The summed E-state index contributed by atoms with van der Waals surface area (Å²) in [6.45, 7) is 5.28. The number of fused-ring (bicyclic) bond motifs is 1. The highest BCUT2D eigenvalue weighted by atomic mass is 16.5. The van der Waals surface area contributed by atoms with Gasteiger partial charge >= 0.3 is 0 Å². The zero-order valence-electron chi connectivity index (χ0n) is 15.8. The number of benzene rings is 1. The van der Waals surface area contributed by atoms with Crippen LogP contribution in [0.5, 0.6) is 0 Å². The van der Waals surface area contributed by atoms with Crippen molar-refractivity contribution in [3.8, 4) is 17.4 Å². The van der Waals surface area contributed by atoms with Crippen molar-refractivity contribution in [1.82, 2.24) is 29.7 Å². The molecule has 0 spiro atoms. The molecule has 8 nitrogen and oxygen atoms in total. The number of oxazole rings is 1. The Labute approximate surface area is 161 Å². The maximum atomic E-state index is 5.96. The number of ether oxygens (including phenoxy) is 1. The Morgan fingerprint density at radius 1 is 1.14 bits per heavy atom. The minimum absolute atomic E-state index is 0.169. The first kappa shape index (κ1) is 17.0. The molecule has 1 atom stereocenters. The molecule has 1 saturated heterocycles. The van der Waals surface area contributed by atoms with Crippen LogP contribution in [-0.2, 0) is 11.2 Å². The third-order valence-corrected chi connectivity index (χ3v) is 4.92. The second-order valence-electron chi connectivity index (χ2n) is 6.86. The Kier molecular flexibility index (Phi) is 4.12. The minimum atomic E-state index is 0.169. The largest absolute Gasteiger partial charge is 0.437 e. The summed E-state index contributed by atoms with van der Waals surface area (Å²) >= 11 is 0. The van der Waals surface area contributed by atoms with Gasteiger partial charge in [0.1, 0.15) is 0 Å². The standard InChI is InChI=1S/C20H20N6O2/c1-3-17-22-12(2)18(28-17)20-24-19(13-8-9-27-11-13)25-26(20)16-10-21-14-6-4-5-7-15(14)23-16/h4-7,10,13H,3,8-9,11H2,1-2H3/t13-/m1/s1. The second-order valence-corrected chi connectivity index (χ2v) is 6.86. The van der Waals surface area contributed by atoms with E-state index >= 15 is 0 Å². The number of rotatable bonds is 4. The van der Waals surface area contributed by atoms with Crippen molar-refractivity contribution in [1.29, 1.82) is 0 Å². The predicted octanol–water partition coefficient (Wildman–Crippen LogP) is 3.24. The number of nitrogens with zero attached hydrogens (tertiary/aromatic N) is 6. The van der Waals surface area contributed by atoms with Crippen LogP contribution in [0.4, 0.5) is 0 Å². The third kappa shape index (κ3) is 2.86. The summed E-state index contributed by atoms with van der Waals surface area (Å²) < 4.78 is 13.2. The van der Waals surface area contributed by atoms with E-state index < -0.39 is 0 Å². The van der Waals surface area contributed by atoms with Gasteiger partial charge in [-0.15, -0.1) is 5.10 Å². The van der Waals surface area contributed by atoms with Crippen molar-refractivity contribution in [3.05, 3.63) is 47.9 Å². The molecule has 142 valence electrons. The van der Waals surface area contributed by atoms with Crippen LogP contribution in [0.15, 0.2) is 34.9 Å². The molecular weight excluding hydrogens is 356 g/mol. The van der Waals surface area contributed by atoms with Crippen molar-refractivity contribution in [2.45, 2.75) is 32.6 Å². The number of para-hydroxylation sites is 2. The predicted molar refractivity (Wildman–Crippen MR) is 102 cm³/mol. The summed E-state index contributed by atoms with van der Waals surface area (Å²) in [7, 11) is 0. The van der Waals surface area contributed by atoms with Gasteiger partial charge in [0, 0.05) is 18.9 Å². The Bertz CT molecular complexity index is 1140. The highest BCUT2D eigenvalue weighted by Crippen LogP contribution is 2.29. The first-order valence-electron chi connectivity index (χ1n) is 9.46. The van der Waals surface area contributed by atoms with Gasteiger partial charge in [0.2, 0.25) is 5.82 Å². The van der Waals surface area contributed by atoms with E-state index in [4.69, 9.17) is 24.2 Å². The molecule has 1 aliphatic rings. The SMILES string of the molecule is CCc1nc(C)c(-c2nc([C@@H]3CCOC3)nn2-c2cnc3ccccc3n2)o1. The van der Waals surface area contributed by atoms with E-state index in [9.17, 15) is 0 Å². The van der Waals surface area contributed by atoms with Crippen molar-refractivity contribution in [3.63, 3.8) is 0 Å². The molecule has 5 rings (SSSR count). The van der Waals surface area contributed by atoms with E-state index in [2.05, 4.69) is 9.97 Å². The first-order valence-corrected chi connectivity index (χ1v) is 9.46. The van der Waals surface area contributed by atoms with Gasteiger partial charge in [-0.2, -0.15) is 4.68 Å². The average molecular weight is 376 g/mol. The van der Waals surface area contributed by atoms with Crippen LogP contribution in [0, 0.1) is 6.92 Å². The maximum Gasteiger partial charge on any atom is 0.202 e. The second kappa shape index (κ2) is 6.79. The lowest BCUT2D eigenvalue weighted by Gasteiger charge is -2.05. The molecule has 3 aromatic heterocycles. The molecule has 1 aromatic carbocycles. The number of aromatic nitrogens is 6. The maximum absolute atomic E-state index is 5.96. The van der Waals surface area contributed by atoms with Gasteiger partial charge in [-0.1, -0.05) is 19.1 Å². The fourth-order valence-corrected chi connectivity index (χ4v) is 3.41. The van der Waals surface area contributed by atoms with Gasteiger partial charge in [-0.3, -0.25) is 4.98 Å². The minimum Gasteiger partial charge on any atom is -0.437 e. The Morgan fingerprint density at radius 3 is 2.75 bits per heavy atom. The molecule has 0 radical (unpaired) electrons. The summed E-state index contributed by atoms with van der Waals surface area (Å²) in [5.41, 5.74) is 2.42. The van der Waals surface area contributed by atoms with E-state index in [-0.39, 0.29) is 5.92 Å². The smallest absolute Gasteiger partial charge is 0.202 e. The molecule has 1 fully saturated rings. The monoisotopic (exact) mass is 376 g/mol. The van der Waals surface area contributed by atoms with Crippen molar-refractivity contribution < 1.29 is 9.15 Å². The third-order valence-electron chi connectivity index (χ3n) is 4.92. The lowest BCUT2D eigenvalue weighted by molar-refractivity contribution is 0.193. The van der Waals surface area contributed by atoms with Crippen LogP contribution in [0.1, 0.15) is 36.7 Å². The highest BCUT2D eigenvalue weighted by molar-refractivity contribution is 5.74. The number of aryl methyl sites for hydroxylation is 2. The van der Waals surface area contributed by atoms with E-state index in [0.29, 0.717) is 36.3 Å². The van der Waals surface area contributed by atoms with Crippen LogP contribution >= 0.6 is 0 Å². The molecular formula is C20H20N6O2.